The van der Waals surface area contributed by atoms with Gasteiger partial charge in [-0.2, -0.15) is 0 Å². The van der Waals surface area contributed by atoms with E-state index in [9.17, 15) is 0 Å². The van der Waals surface area contributed by atoms with E-state index in [4.69, 9.17) is 19.4 Å². The molecule has 0 radical (unpaired) electrons. The predicted octanol–water partition coefficient (Wildman–Crippen LogP) is 5.12. The first-order valence-electron chi connectivity index (χ1n) is 12.9. The highest BCUT2D eigenvalue weighted by molar-refractivity contribution is 6.98. The van der Waals surface area contributed by atoms with Gasteiger partial charge in [-0.15, -0.1) is 0 Å². The van der Waals surface area contributed by atoms with E-state index in [1.54, 1.807) is 0 Å². The monoisotopic (exact) mass is 464 g/mol. The second-order valence-corrected chi connectivity index (χ2v) is 13.8. The summed E-state index contributed by atoms with van der Waals surface area (Å²) in [5.41, 5.74) is 8.56. The Kier molecular flexibility index (Phi) is 3.75. The lowest BCUT2D eigenvalue weighted by Gasteiger charge is -2.33. The molecule has 1 aromatic carbocycles. The zero-order chi connectivity index (χ0) is 24.7. The summed E-state index contributed by atoms with van der Waals surface area (Å²) in [4.78, 5) is 10.4. The van der Waals surface area contributed by atoms with Crippen LogP contribution < -0.4 is 25.9 Å². The molecule has 0 unspecified atom stereocenters. The Morgan fingerprint density at radius 1 is 0.657 bits per heavy atom. The van der Waals surface area contributed by atoms with Crippen LogP contribution in [0.2, 0.25) is 0 Å². The molecule has 0 bridgehead atoms. The third kappa shape index (κ3) is 2.70. The number of hydrogen-bond donors (Lipinski definition) is 0. The van der Waals surface area contributed by atoms with Gasteiger partial charge in [0.05, 0.1) is 11.4 Å². The molecule has 0 atom stereocenters. The largest absolute Gasteiger partial charge is 0.440 e. The number of rotatable bonds is 0. The average molecular weight is 464 g/mol. The molecule has 0 fully saturated rings. The molecule has 178 valence electrons. The van der Waals surface area contributed by atoms with Gasteiger partial charge in [0.2, 0.25) is 11.8 Å². The van der Waals surface area contributed by atoms with Gasteiger partial charge in [-0.1, -0.05) is 73.6 Å². The molecule has 0 amide bonds. The zero-order valence-electron chi connectivity index (χ0n) is 22.1. The molecule has 4 heterocycles. The van der Waals surface area contributed by atoms with Crippen LogP contribution in [0.5, 0.6) is 23.3 Å². The van der Waals surface area contributed by atoms with E-state index in [1.165, 1.54) is 22.5 Å². The first-order valence-corrected chi connectivity index (χ1v) is 12.9. The topological polar surface area (TPSA) is 44.2 Å². The summed E-state index contributed by atoms with van der Waals surface area (Å²) in [6.45, 7) is 18.6. The van der Waals surface area contributed by atoms with Gasteiger partial charge >= 0.3 is 0 Å². The Labute approximate surface area is 208 Å². The van der Waals surface area contributed by atoms with Crippen LogP contribution in [-0.2, 0) is 21.7 Å². The minimum Gasteiger partial charge on any atom is -0.440 e. The van der Waals surface area contributed by atoms with E-state index < -0.39 is 0 Å². The second-order valence-electron chi connectivity index (χ2n) is 13.8. The fraction of sp³-hybridized carbons (Fsp3) is 0.467. The van der Waals surface area contributed by atoms with Gasteiger partial charge in [0.25, 0.3) is 6.71 Å². The summed E-state index contributed by atoms with van der Waals surface area (Å²) in [7, 11) is 0. The Bertz CT molecular complexity index is 1360. The molecule has 0 N–H and O–H groups in total. The summed E-state index contributed by atoms with van der Waals surface area (Å²) in [6, 6.07) is 10.9. The number of benzene rings is 1. The molecule has 2 aromatic heterocycles. The average Bonchev–Trinajstić information content (AvgIpc) is 3.05. The molecule has 35 heavy (non-hydrogen) atoms. The van der Waals surface area contributed by atoms with Gasteiger partial charge in [0.15, 0.2) is 0 Å². The minimum absolute atomic E-state index is 0.00308. The molecule has 4 aliphatic rings. The highest BCUT2D eigenvalue weighted by Crippen LogP contribution is 2.51. The van der Waals surface area contributed by atoms with E-state index in [0.29, 0.717) is 0 Å². The van der Waals surface area contributed by atoms with Crippen molar-refractivity contribution in [3.8, 4) is 23.3 Å². The fourth-order valence-electron chi connectivity index (χ4n) is 7.91. The lowest BCUT2D eigenvalue weighted by molar-refractivity contribution is 0.395. The summed E-state index contributed by atoms with van der Waals surface area (Å²) >= 11 is 0. The number of nitrogens with zero attached hydrogens (tertiary/aromatic N) is 2. The van der Waals surface area contributed by atoms with Crippen molar-refractivity contribution in [3.05, 3.63) is 52.8 Å². The second kappa shape index (κ2) is 6.11. The molecule has 2 aliphatic heterocycles. The van der Waals surface area contributed by atoms with Gasteiger partial charge in [-0.25, -0.2) is 9.97 Å². The van der Waals surface area contributed by atoms with Crippen molar-refractivity contribution in [2.75, 3.05) is 0 Å². The number of fused-ring (bicyclic) bond motifs is 6. The Balaban J connectivity index is 1.52. The molecule has 2 aliphatic carbocycles. The maximum atomic E-state index is 6.48. The van der Waals surface area contributed by atoms with E-state index in [2.05, 4.69) is 67.5 Å². The molecule has 0 spiro atoms. The molecule has 5 heteroatoms. The third-order valence-corrected chi connectivity index (χ3v) is 8.89. The van der Waals surface area contributed by atoms with Crippen molar-refractivity contribution in [2.45, 2.75) is 89.9 Å². The highest BCUT2D eigenvalue weighted by atomic mass is 16.5. The molecular weight excluding hydrogens is 431 g/mol. The van der Waals surface area contributed by atoms with Crippen LogP contribution >= 0.6 is 0 Å². The van der Waals surface area contributed by atoms with Crippen LogP contribution in [0.15, 0.2) is 30.3 Å². The van der Waals surface area contributed by atoms with Crippen LogP contribution in [0.4, 0.5) is 0 Å². The Morgan fingerprint density at radius 3 is 1.51 bits per heavy atom. The minimum atomic E-state index is 0.00308. The lowest BCUT2D eigenvalue weighted by atomic mass is 9.35. The van der Waals surface area contributed by atoms with Crippen LogP contribution in [0.1, 0.15) is 90.7 Å². The number of hydrogen-bond acceptors (Lipinski definition) is 4. The van der Waals surface area contributed by atoms with E-state index in [0.717, 1.165) is 52.5 Å². The highest BCUT2D eigenvalue weighted by Gasteiger charge is 2.50. The van der Waals surface area contributed by atoms with Crippen LogP contribution in [0.3, 0.4) is 0 Å². The molecule has 0 saturated carbocycles. The molecule has 7 rings (SSSR count). The van der Waals surface area contributed by atoms with E-state index in [1.807, 2.05) is 18.2 Å². The number of pyridine rings is 2. The smallest absolute Gasteiger partial charge is 0.265 e. The Hall–Kier alpha value is -2.82. The first kappa shape index (κ1) is 21.5. The zero-order valence-corrected chi connectivity index (χ0v) is 22.1. The molecular formula is C30H33BN2O2. The van der Waals surface area contributed by atoms with Crippen molar-refractivity contribution in [3.63, 3.8) is 0 Å². The maximum Gasteiger partial charge on any atom is 0.265 e. The standard InChI is InChI=1S/C30H33BN2O2/c1-27(2)14-29(5,6)23-16(27)12-18-25(32-23)34-20-10-9-11-21-22(20)31(18)19-13-17-24(33-26(19)35-21)30(7,8)15-28(17,3)4/h9-13H,14-15H2,1-8H3. The SMILES string of the molecule is CC1(C)CC(C)(C)c2nc3c(cc21)B1c2cc4c(nc2Oc2cccc(c21)O3)C(C)(C)CC4(C)C. The van der Waals surface area contributed by atoms with Gasteiger partial charge in [0.1, 0.15) is 11.5 Å². The van der Waals surface area contributed by atoms with Crippen molar-refractivity contribution < 1.29 is 9.47 Å². The summed E-state index contributed by atoms with van der Waals surface area (Å²) < 4.78 is 13.0. The van der Waals surface area contributed by atoms with Crippen LogP contribution in [0, 0.1) is 0 Å². The third-order valence-electron chi connectivity index (χ3n) is 8.89. The first-order chi connectivity index (χ1) is 16.3. The van der Waals surface area contributed by atoms with Crippen LogP contribution in [-0.4, -0.2) is 16.7 Å². The van der Waals surface area contributed by atoms with Gasteiger partial charge in [-0.3, -0.25) is 0 Å². The summed E-state index contributed by atoms with van der Waals surface area (Å²) in [5, 5.41) is 0. The van der Waals surface area contributed by atoms with E-state index in [-0.39, 0.29) is 28.4 Å². The van der Waals surface area contributed by atoms with Crippen molar-refractivity contribution >= 4 is 23.1 Å². The number of aromatic nitrogens is 2. The van der Waals surface area contributed by atoms with Crippen molar-refractivity contribution in [1.29, 1.82) is 0 Å². The summed E-state index contributed by atoms with van der Waals surface area (Å²) in [5.74, 6) is 3.15. The molecule has 3 aromatic rings. The normalized spacial score (nSPS) is 22.2. The molecule has 0 saturated heterocycles. The molecule has 4 nitrogen and oxygen atoms in total. The number of ether oxygens (including phenoxy) is 2. The quantitative estimate of drug-likeness (QED) is 0.299. The van der Waals surface area contributed by atoms with Gasteiger partial charge in [0, 0.05) is 16.3 Å². The van der Waals surface area contributed by atoms with Crippen molar-refractivity contribution in [1.82, 2.24) is 9.97 Å². The van der Waals surface area contributed by atoms with Crippen molar-refractivity contribution in [2.24, 2.45) is 0 Å². The Morgan fingerprint density at radius 2 is 1.09 bits per heavy atom. The predicted molar refractivity (Wildman–Crippen MR) is 141 cm³/mol. The summed E-state index contributed by atoms with van der Waals surface area (Å²) in [6.07, 6.45) is 2.15. The van der Waals surface area contributed by atoms with E-state index >= 15 is 0 Å². The maximum absolute atomic E-state index is 6.48. The van der Waals surface area contributed by atoms with Gasteiger partial charge in [-0.05, 0) is 57.9 Å². The van der Waals surface area contributed by atoms with Gasteiger partial charge < -0.3 is 9.47 Å². The van der Waals surface area contributed by atoms with Crippen LogP contribution in [0.25, 0.3) is 0 Å². The fourth-order valence-corrected chi connectivity index (χ4v) is 7.91. The lowest BCUT2D eigenvalue weighted by Crippen LogP contribution is -2.58.